The Bertz CT molecular complexity index is 1130. The Kier molecular flexibility index (Phi) is 5.53. The van der Waals surface area contributed by atoms with Gasteiger partial charge in [0.05, 0.1) is 15.5 Å². The summed E-state index contributed by atoms with van der Waals surface area (Å²) in [7, 11) is -3.96. The first-order valence-electron chi connectivity index (χ1n) is 8.12. The fourth-order valence-electron chi connectivity index (χ4n) is 2.52. The Morgan fingerprint density at radius 2 is 1.82 bits per heavy atom. The van der Waals surface area contributed by atoms with Crippen LogP contribution in [0.1, 0.15) is 34.8 Å². The third kappa shape index (κ3) is 4.22. The largest absolute Gasteiger partial charge is 0.296 e. The summed E-state index contributed by atoms with van der Waals surface area (Å²) in [5.41, 5.74) is 0.646. The van der Waals surface area contributed by atoms with Gasteiger partial charge in [0.2, 0.25) is 15.2 Å². The van der Waals surface area contributed by atoms with E-state index in [1.54, 1.807) is 0 Å². The Labute approximate surface area is 171 Å². The molecule has 0 fully saturated rings. The van der Waals surface area contributed by atoms with Crippen LogP contribution >= 0.6 is 22.9 Å². The summed E-state index contributed by atoms with van der Waals surface area (Å²) in [5, 5.41) is 17.0. The van der Waals surface area contributed by atoms with Gasteiger partial charge < -0.3 is 0 Å². The molecule has 1 aromatic heterocycles. The van der Waals surface area contributed by atoms with Crippen LogP contribution in [-0.2, 0) is 15.4 Å². The van der Waals surface area contributed by atoms with E-state index in [0.29, 0.717) is 0 Å². The van der Waals surface area contributed by atoms with Crippen molar-refractivity contribution < 1.29 is 13.2 Å². The average molecular weight is 437 g/mol. The van der Waals surface area contributed by atoms with Crippen LogP contribution < -0.4 is 10.5 Å². The van der Waals surface area contributed by atoms with Crippen molar-refractivity contribution >= 4 is 44.0 Å². The van der Waals surface area contributed by atoms with Gasteiger partial charge in [-0.15, -0.1) is 10.2 Å². The molecule has 1 amide bonds. The van der Waals surface area contributed by atoms with Crippen LogP contribution in [0, 0.1) is 0 Å². The van der Waals surface area contributed by atoms with E-state index in [0.717, 1.165) is 16.6 Å². The minimum Gasteiger partial charge on any atom is -0.296 e. The number of aromatic nitrogens is 2. The second-order valence-electron chi connectivity index (χ2n) is 6.54. The van der Waals surface area contributed by atoms with E-state index < -0.39 is 21.3 Å². The summed E-state index contributed by atoms with van der Waals surface area (Å²) in [4.78, 5) is 12.3. The van der Waals surface area contributed by atoms with E-state index in [4.69, 9.17) is 16.7 Å². The van der Waals surface area contributed by atoms with Crippen molar-refractivity contribution in [2.75, 3.05) is 5.32 Å². The number of carbonyl (C=O) groups is 1. The molecule has 0 aliphatic rings. The van der Waals surface area contributed by atoms with Crippen molar-refractivity contribution in [1.82, 2.24) is 10.2 Å². The molecule has 2 aromatic carbocycles. The van der Waals surface area contributed by atoms with E-state index in [-0.39, 0.29) is 20.6 Å². The summed E-state index contributed by atoms with van der Waals surface area (Å²) in [6, 6.07) is 13.5. The van der Waals surface area contributed by atoms with Gasteiger partial charge in [-0.25, -0.2) is 13.6 Å². The highest BCUT2D eigenvalue weighted by molar-refractivity contribution is 7.89. The number of sulfonamides is 1. The van der Waals surface area contributed by atoms with Gasteiger partial charge >= 0.3 is 0 Å². The monoisotopic (exact) mass is 436 g/mol. The second kappa shape index (κ2) is 7.59. The van der Waals surface area contributed by atoms with E-state index >= 15 is 0 Å². The van der Waals surface area contributed by atoms with E-state index in [2.05, 4.69) is 15.5 Å². The minimum atomic E-state index is -3.96. The van der Waals surface area contributed by atoms with Crippen molar-refractivity contribution in [3.63, 3.8) is 0 Å². The molecule has 0 saturated heterocycles. The molecule has 3 N–H and O–H groups in total. The topological polar surface area (TPSA) is 115 Å². The maximum absolute atomic E-state index is 12.6. The molecule has 0 radical (unpaired) electrons. The lowest BCUT2D eigenvalue weighted by Gasteiger charge is -2.21. The highest BCUT2D eigenvalue weighted by Gasteiger charge is 2.28. The molecule has 0 saturated carbocycles. The third-order valence-electron chi connectivity index (χ3n) is 4.19. The molecule has 7 nitrogen and oxygen atoms in total. The van der Waals surface area contributed by atoms with Crippen LogP contribution in [0.2, 0.25) is 5.02 Å². The number of hydrogen-bond donors (Lipinski definition) is 2. The van der Waals surface area contributed by atoms with E-state index in [1.165, 1.54) is 23.5 Å². The molecule has 0 aliphatic carbocycles. The first-order chi connectivity index (χ1) is 13.1. The average Bonchev–Trinajstić information content (AvgIpc) is 3.11. The minimum absolute atomic E-state index is 0.0211. The summed E-state index contributed by atoms with van der Waals surface area (Å²) in [6.45, 7) is 4.03. The van der Waals surface area contributed by atoms with Gasteiger partial charge in [-0.05, 0) is 37.6 Å². The Balaban J connectivity index is 1.85. The smallest absolute Gasteiger partial charge is 0.259 e. The number of rotatable bonds is 5. The molecule has 0 spiro atoms. The number of hydrogen-bond acceptors (Lipinski definition) is 6. The van der Waals surface area contributed by atoms with Gasteiger partial charge in [0.15, 0.2) is 0 Å². The van der Waals surface area contributed by atoms with Crippen molar-refractivity contribution in [3.8, 4) is 0 Å². The number of nitrogens with two attached hydrogens (primary N) is 1. The zero-order valence-corrected chi connectivity index (χ0v) is 17.4. The highest BCUT2D eigenvalue weighted by Crippen LogP contribution is 2.34. The lowest BCUT2D eigenvalue weighted by atomic mass is 9.85. The fourth-order valence-corrected chi connectivity index (χ4v) is 4.13. The molecule has 28 heavy (non-hydrogen) atoms. The maximum atomic E-state index is 12.6. The van der Waals surface area contributed by atoms with Gasteiger partial charge in [-0.2, -0.15) is 0 Å². The summed E-state index contributed by atoms with van der Waals surface area (Å²) < 4.78 is 23.0. The lowest BCUT2D eigenvalue weighted by Crippen LogP contribution is -2.18. The molecule has 3 aromatic rings. The standard InChI is InChI=1S/C18H17ClN4O3S2/c1-18(2,11-6-4-3-5-7-11)16-22-23-17(27-16)21-15(24)13-10-12(28(20,25)26)8-9-14(13)19/h3-10H,1-2H3,(H2,20,25,26)(H,21,23,24). The summed E-state index contributed by atoms with van der Waals surface area (Å²) >= 11 is 7.27. The van der Waals surface area contributed by atoms with Gasteiger partial charge in [0, 0.05) is 5.41 Å². The van der Waals surface area contributed by atoms with Crippen molar-refractivity contribution in [1.29, 1.82) is 0 Å². The number of halogens is 1. The van der Waals surface area contributed by atoms with E-state index in [9.17, 15) is 13.2 Å². The number of nitrogens with zero attached hydrogens (tertiary/aromatic N) is 2. The van der Waals surface area contributed by atoms with Crippen molar-refractivity contribution in [3.05, 3.63) is 69.7 Å². The predicted molar refractivity (Wildman–Crippen MR) is 109 cm³/mol. The predicted octanol–water partition coefficient (Wildman–Crippen LogP) is 3.42. The van der Waals surface area contributed by atoms with Crippen LogP contribution in [0.15, 0.2) is 53.4 Å². The molecule has 1 heterocycles. The second-order valence-corrected chi connectivity index (χ2v) is 9.49. The van der Waals surface area contributed by atoms with Crippen LogP contribution in [0.4, 0.5) is 5.13 Å². The molecule has 3 rings (SSSR count). The first-order valence-corrected chi connectivity index (χ1v) is 10.9. The zero-order chi connectivity index (χ0) is 20.5. The number of primary sulfonamides is 1. The Morgan fingerprint density at radius 1 is 1.14 bits per heavy atom. The molecular weight excluding hydrogens is 420 g/mol. The van der Waals surface area contributed by atoms with Gasteiger partial charge in [0.25, 0.3) is 5.91 Å². The number of carbonyl (C=O) groups excluding carboxylic acids is 1. The van der Waals surface area contributed by atoms with Gasteiger partial charge in [0.1, 0.15) is 5.01 Å². The number of anilines is 1. The van der Waals surface area contributed by atoms with Gasteiger partial charge in [-0.3, -0.25) is 10.1 Å². The molecule has 0 bridgehead atoms. The van der Waals surface area contributed by atoms with Crippen molar-refractivity contribution in [2.24, 2.45) is 5.14 Å². The first kappa shape index (κ1) is 20.4. The number of nitrogens with one attached hydrogen (secondary N) is 1. The van der Waals surface area contributed by atoms with Crippen LogP contribution in [0.5, 0.6) is 0 Å². The lowest BCUT2D eigenvalue weighted by molar-refractivity contribution is 0.102. The fraction of sp³-hybridized carbons (Fsp3) is 0.167. The molecule has 146 valence electrons. The maximum Gasteiger partial charge on any atom is 0.259 e. The summed E-state index contributed by atoms with van der Waals surface area (Å²) in [5.74, 6) is -0.601. The molecule has 0 aliphatic heterocycles. The van der Waals surface area contributed by atoms with Gasteiger partial charge in [-0.1, -0.05) is 53.3 Å². The third-order valence-corrected chi connectivity index (χ3v) is 6.59. The normalized spacial score (nSPS) is 12.0. The van der Waals surface area contributed by atoms with Crippen LogP contribution in [0.25, 0.3) is 0 Å². The summed E-state index contributed by atoms with van der Waals surface area (Å²) in [6.07, 6.45) is 0. The molecule has 0 atom stereocenters. The Hall–Kier alpha value is -2.33. The number of benzene rings is 2. The Morgan fingerprint density at radius 3 is 2.46 bits per heavy atom. The quantitative estimate of drug-likeness (QED) is 0.635. The SMILES string of the molecule is CC(C)(c1ccccc1)c1nnc(NC(=O)c2cc(S(N)(=O)=O)ccc2Cl)s1. The molecular formula is C18H17ClN4O3S2. The van der Waals surface area contributed by atoms with Crippen molar-refractivity contribution in [2.45, 2.75) is 24.2 Å². The number of amides is 1. The molecule has 10 heteroatoms. The van der Waals surface area contributed by atoms with Crippen LogP contribution in [-0.4, -0.2) is 24.5 Å². The highest BCUT2D eigenvalue weighted by atomic mass is 35.5. The molecule has 0 unspecified atom stereocenters. The van der Waals surface area contributed by atoms with Crippen LogP contribution in [0.3, 0.4) is 0 Å². The zero-order valence-electron chi connectivity index (χ0n) is 15.0. The van der Waals surface area contributed by atoms with E-state index in [1.807, 2.05) is 44.2 Å².